The van der Waals surface area contributed by atoms with Gasteiger partial charge in [-0.3, -0.25) is 4.99 Å². The average Bonchev–Trinajstić information content (AvgIpc) is 2.78. The van der Waals surface area contributed by atoms with Gasteiger partial charge in [0.25, 0.3) is 0 Å². The highest BCUT2D eigenvalue weighted by Crippen LogP contribution is 2.39. The van der Waals surface area contributed by atoms with Gasteiger partial charge < -0.3 is 10.2 Å². The molecule has 1 fully saturated rings. The van der Waals surface area contributed by atoms with Gasteiger partial charge in [0.05, 0.1) is 16.9 Å². The molecule has 0 amide bonds. The molecule has 0 saturated carbocycles. The molecular formula is C20H22FN3. The molecule has 0 aliphatic carbocycles. The molecule has 2 aliphatic rings. The number of aliphatic imine (C=N–C) groups is 1. The van der Waals surface area contributed by atoms with Crippen molar-refractivity contribution in [2.45, 2.75) is 24.8 Å². The Kier molecular flexibility index (Phi) is 4.07. The van der Waals surface area contributed by atoms with Crippen molar-refractivity contribution >= 4 is 17.6 Å². The molecule has 24 heavy (non-hydrogen) atoms. The topological polar surface area (TPSA) is 27.6 Å². The molecule has 124 valence electrons. The third-order valence-corrected chi connectivity index (χ3v) is 5.23. The Morgan fingerprint density at radius 2 is 1.96 bits per heavy atom. The number of hydrogen-bond donors (Lipinski definition) is 1. The summed E-state index contributed by atoms with van der Waals surface area (Å²) in [7, 11) is 0. The summed E-state index contributed by atoms with van der Waals surface area (Å²) in [5, 5.41) is 3.54. The van der Waals surface area contributed by atoms with E-state index in [9.17, 15) is 4.39 Å². The van der Waals surface area contributed by atoms with E-state index in [1.165, 1.54) is 5.69 Å². The zero-order chi connectivity index (χ0) is 16.4. The molecule has 3 nitrogen and oxygen atoms in total. The molecule has 0 bridgehead atoms. The second-order valence-electron chi connectivity index (χ2n) is 6.65. The van der Waals surface area contributed by atoms with Crippen molar-refractivity contribution in [3.8, 4) is 0 Å². The minimum atomic E-state index is -0.105. The summed E-state index contributed by atoms with van der Waals surface area (Å²) in [4.78, 5) is 7.15. The van der Waals surface area contributed by atoms with Crippen LogP contribution in [-0.4, -0.2) is 31.4 Å². The second-order valence-corrected chi connectivity index (χ2v) is 6.65. The van der Waals surface area contributed by atoms with E-state index in [1.807, 2.05) is 24.4 Å². The molecule has 0 aromatic heterocycles. The third-order valence-electron chi connectivity index (χ3n) is 5.23. The fourth-order valence-corrected chi connectivity index (χ4v) is 3.91. The summed E-state index contributed by atoms with van der Waals surface area (Å²) in [6, 6.07) is 15.4. The molecule has 1 atom stereocenters. The Labute approximate surface area is 142 Å². The number of benzene rings is 2. The minimum Gasteiger partial charge on any atom is -0.361 e. The van der Waals surface area contributed by atoms with Crippen molar-refractivity contribution < 1.29 is 4.39 Å². The number of aryl methyl sites for hydroxylation is 1. The first kappa shape index (κ1) is 15.3. The van der Waals surface area contributed by atoms with E-state index < -0.39 is 0 Å². The lowest BCUT2D eigenvalue weighted by Gasteiger charge is -2.48. The summed E-state index contributed by atoms with van der Waals surface area (Å²) in [6.45, 7) is 2.83. The highest BCUT2D eigenvalue weighted by atomic mass is 19.1. The Hall–Kier alpha value is -2.20. The maximum Gasteiger partial charge on any atom is 0.126 e. The fraction of sp³-hybridized carbons (Fsp3) is 0.350. The number of rotatable bonds is 3. The number of anilines is 1. The zero-order valence-electron chi connectivity index (χ0n) is 13.7. The first-order chi connectivity index (χ1) is 11.8. The number of piperazine rings is 1. The predicted octanol–water partition coefficient (Wildman–Crippen LogP) is 3.71. The fourth-order valence-electron chi connectivity index (χ4n) is 3.91. The van der Waals surface area contributed by atoms with E-state index in [4.69, 9.17) is 0 Å². The van der Waals surface area contributed by atoms with Crippen LogP contribution in [0.25, 0.3) is 0 Å². The number of para-hydroxylation sites is 2. The van der Waals surface area contributed by atoms with E-state index in [0.29, 0.717) is 0 Å². The van der Waals surface area contributed by atoms with Crippen molar-refractivity contribution in [2.75, 3.05) is 24.5 Å². The van der Waals surface area contributed by atoms with Crippen LogP contribution < -0.4 is 10.2 Å². The maximum atomic E-state index is 14.0. The van der Waals surface area contributed by atoms with E-state index in [2.05, 4.69) is 33.4 Å². The first-order valence-electron chi connectivity index (χ1n) is 8.62. The average molecular weight is 323 g/mol. The van der Waals surface area contributed by atoms with Gasteiger partial charge in [0, 0.05) is 32.3 Å². The van der Waals surface area contributed by atoms with Crippen molar-refractivity contribution in [2.24, 2.45) is 4.99 Å². The van der Waals surface area contributed by atoms with Crippen LogP contribution in [0.4, 0.5) is 15.8 Å². The molecule has 4 rings (SSSR count). The largest absolute Gasteiger partial charge is 0.361 e. The SMILES string of the molecule is Fc1ccccc1CCC12CC=Nc3ccccc3N1CCNC2. The Morgan fingerprint density at radius 3 is 2.88 bits per heavy atom. The molecule has 2 aromatic carbocycles. The molecule has 4 heteroatoms. The summed E-state index contributed by atoms with van der Waals surface area (Å²) in [6.07, 6.45) is 4.55. The van der Waals surface area contributed by atoms with E-state index in [-0.39, 0.29) is 11.4 Å². The normalized spacial score (nSPS) is 22.6. The van der Waals surface area contributed by atoms with Crippen LogP contribution in [0.15, 0.2) is 53.5 Å². The highest BCUT2D eigenvalue weighted by Gasteiger charge is 2.40. The second kappa shape index (κ2) is 6.36. The Bertz CT molecular complexity index is 758. The molecule has 2 heterocycles. The molecule has 0 radical (unpaired) electrons. The first-order valence-corrected chi connectivity index (χ1v) is 8.62. The lowest BCUT2D eigenvalue weighted by Crippen LogP contribution is -2.61. The van der Waals surface area contributed by atoms with Gasteiger partial charge in [-0.25, -0.2) is 4.39 Å². The summed E-state index contributed by atoms with van der Waals surface area (Å²) >= 11 is 0. The van der Waals surface area contributed by atoms with Gasteiger partial charge in [-0.15, -0.1) is 0 Å². The van der Waals surface area contributed by atoms with Gasteiger partial charge >= 0.3 is 0 Å². The van der Waals surface area contributed by atoms with Crippen LogP contribution in [0.3, 0.4) is 0 Å². The van der Waals surface area contributed by atoms with Gasteiger partial charge in [0.2, 0.25) is 0 Å². The van der Waals surface area contributed by atoms with Gasteiger partial charge in [-0.05, 0) is 36.6 Å². The van der Waals surface area contributed by atoms with Crippen LogP contribution in [0.2, 0.25) is 0 Å². The maximum absolute atomic E-state index is 14.0. The molecule has 0 spiro atoms. The summed E-state index contributed by atoms with van der Waals surface area (Å²) < 4.78 is 14.0. The van der Waals surface area contributed by atoms with Crippen molar-refractivity contribution in [1.82, 2.24) is 5.32 Å². The molecule has 1 N–H and O–H groups in total. The number of hydrogen-bond acceptors (Lipinski definition) is 3. The van der Waals surface area contributed by atoms with Crippen LogP contribution in [0.1, 0.15) is 18.4 Å². The van der Waals surface area contributed by atoms with Gasteiger partial charge in [0.15, 0.2) is 0 Å². The Balaban J connectivity index is 1.66. The Morgan fingerprint density at radius 1 is 1.12 bits per heavy atom. The third kappa shape index (κ3) is 2.71. The van der Waals surface area contributed by atoms with Crippen molar-refractivity contribution in [3.63, 3.8) is 0 Å². The molecule has 1 unspecified atom stereocenters. The number of nitrogens with zero attached hydrogens (tertiary/aromatic N) is 2. The lowest BCUT2D eigenvalue weighted by molar-refractivity contribution is 0.316. The van der Waals surface area contributed by atoms with Crippen molar-refractivity contribution in [1.29, 1.82) is 0 Å². The molecule has 2 aromatic rings. The van der Waals surface area contributed by atoms with Gasteiger partial charge in [-0.2, -0.15) is 0 Å². The van der Waals surface area contributed by atoms with E-state index >= 15 is 0 Å². The quantitative estimate of drug-likeness (QED) is 0.932. The number of nitrogens with one attached hydrogen (secondary N) is 1. The van der Waals surface area contributed by atoms with Gasteiger partial charge in [0.1, 0.15) is 5.82 Å². The smallest absolute Gasteiger partial charge is 0.126 e. The number of fused-ring (bicyclic) bond motifs is 3. The summed E-state index contributed by atoms with van der Waals surface area (Å²) in [5.41, 5.74) is 2.98. The zero-order valence-corrected chi connectivity index (χ0v) is 13.7. The predicted molar refractivity (Wildman–Crippen MR) is 96.9 cm³/mol. The summed E-state index contributed by atoms with van der Waals surface area (Å²) in [5.74, 6) is -0.105. The molecule has 2 aliphatic heterocycles. The van der Waals surface area contributed by atoms with Crippen molar-refractivity contribution in [3.05, 3.63) is 59.9 Å². The number of halogens is 1. The standard InChI is InChI=1S/C20H22FN3/c21-17-6-2-1-5-16(17)9-10-20-11-12-23-18-7-3-4-8-19(18)24(20)14-13-22-15-20/h1-8,12,22H,9-11,13-15H2. The monoisotopic (exact) mass is 323 g/mol. The molecular weight excluding hydrogens is 301 g/mol. The van der Waals surface area contributed by atoms with Crippen LogP contribution >= 0.6 is 0 Å². The van der Waals surface area contributed by atoms with E-state index in [0.717, 1.165) is 50.1 Å². The lowest BCUT2D eigenvalue weighted by atomic mass is 9.84. The van der Waals surface area contributed by atoms with Crippen LogP contribution in [0, 0.1) is 5.82 Å². The minimum absolute atomic E-state index is 0.0450. The van der Waals surface area contributed by atoms with Gasteiger partial charge in [-0.1, -0.05) is 30.3 Å². The molecule has 1 saturated heterocycles. The van der Waals surface area contributed by atoms with E-state index in [1.54, 1.807) is 12.1 Å². The highest BCUT2D eigenvalue weighted by molar-refractivity contribution is 5.78. The van der Waals surface area contributed by atoms with Crippen LogP contribution in [-0.2, 0) is 6.42 Å². The van der Waals surface area contributed by atoms with Crippen LogP contribution in [0.5, 0.6) is 0 Å².